The van der Waals surface area contributed by atoms with Gasteiger partial charge >= 0.3 is 0 Å². The Morgan fingerprint density at radius 1 is 1.53 bits per heavy atom. The second-order valence-corrected chi connectivity index (χ2v) is 5.41. The van der Waals surface area contributed by atoms with Crippen molar-refractivity contribution in [1.82, 2.24) is 25.3 Å². The fourth-order valence-electron chi connectivity index (χ4n) is 1.39. The molecule has 0 saturated carbocycles. The van der Waals surface area contributed by atoms with E-state index in [0.717, 1.165) is 6.42 Å². The summed E-state index contributed by atoms with van der Waals surface area (Å²) in [7, 11) is -0.758. The summed E-state index contributed by atoms with van der Waals surface area (Å²) >= 11 is 0. The lowest BCUT2D eigenvalue weighted by molar-refractivity contribution is 0.676. The molecule has 0 spiro atoms. The third-order valence-corrected chi connectivity index (χ3v) is 3.11. The summed E-state index contributed by atoms with van der Waals surface area (Å²) in [6, 6.07) is 3.82. The number of anilines is 1. The highest BCUT2D eigenvalue weighted by Crippen LogP contribution is 2.06. The number of nitrogens with zero attached hydrogens (tertiary/aromatic N) is 5. The summed E-state index contributed by atoms with van der Waals surface area (Å²) in [5.41, 5.74) is 0.609. The molecule has 0 bridgehead atoms. The minimum atomic E-state index is -0.758. The van der Waals surface area contributed by atoms with Crippen LogP contribution in [0.1, 0.15) is 13.3 Å². The number of hydrogen-bond donors (Lipinski definition) is 1. The molecule has 92 valence electrons. The van der Waals surface area contributed by atoms with Crippen molar-refractivity contribution in [3.8, 4) is 0 Å². The minimum absolute atomic E-state index is 0.209. The molecule has 2 unspecified atom stereocenters. The Kier molecular flexibility index (Phi) is 3.62. The van der Waals surface area contributed by atoms with Gasteiger partial charge in [-0.05, 0) is 35.9 Å². The Morgan fingerprint density at radius 3 is 3.12 bits per heavy atom. The second kappa shape index (κ2) is 5.17. The van der Waals surface area contributed by atoms with Crippen molar-refractivity contribution in [1.29, 1.82) is 0 Å². The zero-order valence-electron chi connectivity index (χ0n) is 9.70. The van der Waals surface area contributed by atoms with Crippen LogP contribution in [0, 0.1) is 0 Å². The van der Waals surface area contributed by atoms with Crippen LogP contribution in [0.5, 0.6) is 0 Å². The van der Waals surface area contributed by atoms with Crippen molar-refractivity contribution in [2.75, 3.05) is 17.3 Å². The van der Waals surface area contributed by atoms with E-state index in [1.807, 2.05) is 13.0 Å². The lowest BCUT2D eigenvalue weighted by Crippen LogP contribution is -2.19. The average Bonchev–Trinajstić information content (AvgIpc) is 2.73. The molecule has 0 fully saturated rings. The third-order valence-electron chi connectivity index (χ3n) is 2.30. The number of hydrogen-bond acceptors (Lipinski definition) is 6. The monoisotopic (exact) mass is 254 g/mol. The zero-order valence-corrected chi connectivity index (χ0v) is 10.5. The average molecular weight is 254 g/mol. The number of nitrogens with one attached hydrogen (secondary N) is 1. The first kappa shape index (κ1) is 11.9. The van der Waals surface area contributed by atoms with Crippen molar-refractivity contribution in [3.63, 3.8) is 0 Å². The summed E-state index contributed by atoms with van der Waals surface area (Å²) < 4.78 is 12.3. The molecule has 2 aromatic heterocycles. The summed E-state index contributed by atoms with van der Waals surface area (Å²) in [5, 5.41) is 18.4. The Balaban J connectivity index is 1.99. The van der Waals surface area contributed by atoms with Crippen LogP contribution in [0.25, 0.3) is 5.65 Å². The van der Waals surface area contributed by atoms with E-state index in [1.165, 1.54) is 4.63 Å². The van der Waals surface area contributed by atoms with Gasteiger partial charge in [-0.1, -0.05) is 0 Å². The van der Waals surface area contributed by atoms with Crippen LogP contribution in [0.2, 0.25) is 0 Å². The van der Waals surface area contributed by atoms with Gasteiger partial charge in [-0.15, -0.1) is 14.8 Å². The maximum atomic E-state index is 11.0. The Bertz CT molecular complexity index is 527. The maximum Gasteiger partial charge on any atom is 0.200 e. The van der Waals surface area contributed by atoms with Crippen molar-refractivity contribution in [3.05, 3.63) is 12.1 Å². The summed E-state index contributed by atoms with van der Waals surface area (Å²) in [6.45, 7) is 2.03. The molecule has 17 heavy (non-hydrogen) atoms. The standard InChI is InChI=1S/C9H14N6OS/c1-7(5-6-17(2)16)10-8-3-4-9-11-13-14-15(9)12-8/h3-4,7H,5-6H2,1-2H3,(H,10,12). The maximum absolute atomic E-state index is 11.0. The smallest absolute Gasteiger partial charge is 0.200 e. The first-order chi connectivity index (χ1) is 8.15. The number of fused-ring (bicyclic) bond motifs is 1. The molecule has 0 saturated heterocycles. The van der Waals surface area contributed by atoms with Gasteiger partial charge in [0.05, 0.1) is 0 Å². The van der Waals surface area contributed by atoms with Gasteiger partial charge in [0, 0.05) is 28.9 Å². The lowest BCUT2D eigenvalue weighted by atomic mass is 10.2. The Labute approximate surface area is 101 Å². The molecule has 8 heteroatoms. The first-order valence-corrected chi connectivity index (χ1v) is 7.00. The van der Waals surface area contributed by atoms with Crippen molar-refractivity contribution >= 4 is 22.3 Å². The van der Waals surface area contributed by atoms with Gasteiger partial charge in [0.2, 0.25) is 0 Å². The molecular weight excluding hydrogens is 240 g/mol. The molecule has 0 radical (unpaired) electrons. The fourth-order valence-corrected chi connectivity index (χ4v) is 2.08. The van der Waals surface area contributed by atoms with E-state index in [-0.39, 0.29) is 6.04 Å². The van der Waals surface area contributed by atoms with Crippen LogP contribution in [0.4, 0.5) is 5.82 Å². The van der Waals surface area contributed by atoms with E-state index >= 15 is 0 Å². The Hall–Kier alpha value is -1.57. The van der Waals surface area contributed by atoms with E-state index < -0.39 is 10.8 Å². The zero-order chi connectivity index (χ0) is 12.3. The molecular formula is C9H14N6OS. The second-order valence-electron chi connectivity index (χ2n) is 3.86. The molecule has 7 nitrogen and oxygen atoms in total. The minimum Gasteiger partial charge on any atom is -0.366 e. The molecule has 1 N–H and O–H groups in total. The predicted octanol–water partition coefficient (Wildman–Crippen LogP) is 0.0883. The van der Waals surface area contributed by atoms with Crippen LogP contribution < -0.4 is 5.32 Å². The van der Waals surface area contributed by atoms with Crippen molar-refractivity contribution < 1.29 is 4.21 Å². The number of rotatable bonds is 5. The van der Waals surface area contributed by atoms with Crippen molar-refractivity contribution in [2.24, 2.45) is 0 Å². The van der Waals surface area contributed by atoms with E-state index in [9.17, 15) is 4.21 Å². The van der Waals surface area contributed by atoms with Crippen LogP contribution >= 0.6 is 0 Å². The largest absolute Gasteiger partial charge is 0.366 e. The van der Waals surface area contributed by atoms with Gasteiger partial charge < -0.3 is 5.32 Å². The Morgan fingerprint density at radius 2 is 2.35 bits per heavy atom. The molecule has 0 amide bonds. The van der Waals surface area contributed by atoms with E-state index in [0.29, 0.717) is 17.2 Å². The SMILES string of the molecule is CC(CCS(C)=O)Nc1ccc2nnnn2n1. The van der Waals surface area contributed by atoms with Gasteiger partial charge in [-0.2, -0.15) is 0 Å². The molecule has 0 aliphatic rings. The van der Waals surface area contributed by atoms with Gasteiger partial charge in [0.15, 0.2) is 5.65 Å². The van der Waals surface area contributed by atoms with Gasteiger partial charge in [0.1, 0.15) is 5.82 Å². The molecule has 0 aliphatic heterocycles. The lowest BCUT2D eigenvalue weighted by Gasteiger charge is -2.13. The number of tetrazole rings is 1. The summed E-state index contributed by atoms with van der Waals surface area (Å²) in [5.74, 6) is 1.39. The molecule has 2 atom stereocenters. The molecule has 2 rings (SSSR count). The highest BCUT2D eigenvalue weighted by Gasteiger charge is 2.05. The summed E-state index contributed by atoms with van der Waals surface area (Å²) in [4.78, 5) is 0. The first-order valence-electron chi connectivity index (χ1n) is 5.27. The topological polar surface area (TPSA) is 85.1 Å². The molecule has 0 aliphatic carbocycles. The summed E-state index contributed by atoms with van der Waals surface area (Å²) in [6.07, 6.45) is 2.54. The third kappa shape index (κ3) is 3.19. The van der Waals surface area contributed by atoms with Gasteiger partial charge in [0.25, 0.3) is 0 Å². The van der Waals surface area contributed by atoms with Crippen LogP contribution in [0.3, 0.4) is 0 Å². The van der Waals surface area contributed by atoms with E-state index in [2.05, 4.69) is 25.9 Å². The van der Waals surface area contributed by atoms with Crippen LogP contribution in [0.15, 0.2) is 12.1 Å². The van der Waals surface area contributed by atoms with E-state index in [1.54, 1.807) is 12.3 Å². The molecule has 2 heterocycles. The van der Waals surface area contributed by atoms with E-state index in [4.69, 9.17) is 0 Å². The van der Waals surface area contributed by atoms with Crippen molar-refractivity contribution in [2.45, 2.75) is 19.4 Å². The normalized spacial score (nSPS) is 14.7. The highest BCUT2D eigenvalue weighted by molar-refractivity contribution is 7.84. The predicted molar refractivity (Wildman–Crippen MR) is 65.2 cm³/mol. The molecule has 0 aromatic carbocycles. The molecule has 2 aromatic rings. The number of aromatic nitrogens is 5. The quantitative estimate of drug-likeness (QED) is 0.814. The van der Waals surface area contributed by atoms with Gasteiger partial charge in [-0.3, -0.25) is 4.21 Å². The highest BCUT2D eigenvalue weighted by atomic mass is 32.2. The van der Waals surface area contributed by atoms with Crippen LogP contribution in [-0.2, 0) is 10.8 Å². The fraction of sp³-hybridized carbons (Fsp3) is 0.556. The van der Waals surface area contributed by atoms with Gasteiger partial charge in [-0.25, -0.2) is 0 Å². The van der Waals surface area contributed by atoms with Crippen LogP contribution in [-0.4, -0.2) is 47.5 Å².